The van der Waals surface area contributed by atoms with Crippen molar-refractivity contribution < 1.29 is 9.84 Å². The van der Waals surface area contributed by atoms with Gasteiger partial charge >= 0.3 is 0 Å². The lowest BCUT2D eigenvalue weighted by molar-refractivity contribution is -0.101. The van der Waals surface area contributed by atoms with Gasteiger partial charge in [0.2, 0.25) is 0 Å². The van der Waals surface area contributed by atoms with Gasteiger partial charge < -0.3 is 19.7 Å². The van der Waals surface area contributed by atoms with E-state index >= 15 is 0 Å². The van der Waals surface area contributed by atoms with Crippen LogP contribution in [0, 0.1) is 3.57 Å². The average Bonchev–Trinajstić information content (AvgIpc) is 2.30. The van der Waals surface area contributed by atoms with Crippen molar-refractivity contribution >= 4 is 28.4 Å². The van der Waals surface area contributed by atoms with Crippen molar-refractivity contribution in [3.05, 3.63) is 20.3 Å². The van der Waals surface area contributed by atoms with E-state index in [1.54, 1.807) is 0 Å². The molecule has 0 radical (unpaired) electrons. The van der Waals surface area contributed by atoms with Crippen LogP contribution in [0.15, 0.2) is 11.1 Å². The molecular formula is C11H16IN3O3. The molecule has 2 heterocycles. The summed E-state index contributed by atoms with van der Waals surface area (Å²) in [5, 5.41) is 9.27. The molecule has 0 aliphatic carbocycles. The van der Waals surface area contributed by atoms with Crippen molar-refractivity contribution in [3.63, 3.8) is 0 Å². The molecular weight excluding hydrogens is 349 g/mol. The Labute approximate surface area is 119 Å². The summed E-state index contributed by atoms with van der Waals surface area (Å²) < 4.78 is 6.30. The number of hydrogen-bond acceptors (Lipinski definition) is 5. The van der Waals surface area contributed by atoms with Crippen molar-refractivity contribution in [3.8, 4) is 0 Å². The number of aromatic amines is 1. The number of H-pyrrole nitrogens is 1. The van der Waals surface area contributed by atoms with Gasteiger partial charge in [-0.05, 0) is 36.4 Å². The van der Waals surface area contributed by atoms with E-state index in [4.69, 9.17) is 4.74 Å². The Kier molecular flexibility index (Phi) is 3.93. The van der Waals surface area contributed by atoms with Gasteiger partial charge in [-0.15, -0.1) is 0 Å². The summed E-state index contributed by atoms with van der Waals surface area (Å²) >= 11 is 1.99. The minimum Gasteiger partial charge on any atom is -0.394 e. The average molecular weight is 365 g/mol. The Hall–Kier alpha value is -0.670. The first-order valence-electron chi connectivity index (χ1n) is 5.70. The van der Waals surface area contributed by atoms with Crippen LogP contribution in [0.1, 0.15) is 13.8 Å². The normalized spacial score (nSPS) is 23.1. The van der Waals surface area contributed by atoms with E-state index in [9.17, 15) is 9.90 Å². The van der Waals surface area contributed by atoms with E-state index in [0.717, 1.165) is 0 Å². The zero-order valence-electron chi connectivity index (χ0n) is 10.3. The van der Waals surface area contributed by atoms with E-state index in [1.807, 2.05) is 41.3 Å². The van der Waals surface area contributed by atoms with Crippen LogP contribution in [0.5, 0.6) is 0 Å². The quantitative estimate of drug-likeness (QED) is 0.740. The molecule has 1 aromatic heterocycles. The molecule has 1 aliphatic rings. The predicted octanol–water partition coefficient (Wildman–Crippen LogP) is 0.351. The van der Waals surface area contributed by atoms with Crippen molar-refractivity contribution in [1.29, 1.82) is 0 Å². The Balaban J connectivity index is 2.32. The Morgan fingerprint density at radius 2 is 2.44 bits per heavy atom. The van der Waals surface area contributed by atoms with Crippen LogP contribution < -0.4 is 10.5 Å². The molecule has 1 atom stereocenters. The van der Waals surface area contributed by atoms with Gasteiger partial charge in [-0.2, -0.15) is 0 Å². The van der Waals surface area contributed by atoms with E-state index in [0.29, 0.717) is 22.5 Å². The summed E-state index contributed by atoms with van der Waals surface area (Å²) in [5.41, 5.74) is -0.524. The number of nitrogens with one attached hydrogen (secondary N) is 1. The van der Waals surface area contributed by atoms with Crippen molar-refractivity contribution in [1.82, 2.24) is 9.97 Å². The van der Waals surface area contributed by atoms with Gasteiger partial charge in [0.05, 0.1) is 24.6 Å². The molecule has 2 N–H and O–H groups in total. The summed E-state index contributed by atoms with van der Waals surface area (Å²) in [6, 6.07) is 0. The number of ether oxygens (including phenoxy) is 1. The molecule has 2 rings (SSSR count). The maximum absolute atomic E-state index is 11.6. The lowest BCUT2D eigenvalue weighted by Crippen LogP contribution is -2.54. The lowest BCUT2D eigenvalue weighted by atomic mass is 10.1. The van der Waals surface area contributed by atoms with Crippen LogP contribution in [-0.4, -0.2) is 46.5 Å². The molecule has 0 spiro atoms. The zero-order chi connectivity index (χ0) is 13.3. The summed E-state index contributed by atoms with van der Waals surface area (Å²) in [5.74, 6) is 0.647. The van der Waals surface area contributed by atoms with Crippen LogP contribution in [0.4, 0.5) is 5.82 Å². The number of aliphatic hydroxyl groups excluding tert-OH is 1. The van der Waals surface area contributed by atoms with Crippen molar-refractivity contribution in [2.45, 2.75) is 25.6 Å². The van der Waals surface area contributed by atoms with Gasteiger partial charge in [-0.1, -0.05) is 0 Å². The first-order valence-corrected chi connectivity index (χ1v) is 6.77. The molecule has 6 nitrogen and oxygen atoms in total. The van der Waals surface area contributed by atoms with Gasteiger partial charge in [0.1, 0.15) is 9.39 Å². The maximum atomic E-state index is 11.6. The minimum atomic E-state index is -0.376. The molecule has 0 aromatic carbocycles. The molecule has 0 amide bonds. The monoisotopic (exact) mass is 365 g/mol. The van der Waals surface area contributed by atoms with E-state index in [-0.39, 0.29) is 23.9 Å². The summed E-state index contributed by atoms with van der Waals surface area (Å²) in [6.45, 7) is 5.05. The van der Waals surface area contributed by atoms with Gasteiger partial charge in [0.15, 0.2) is 0 Å². The second-order valence-corrected chi connectivity index (χ2v) is 6.01. The van der Waals surface area contributed by atoms with E-state index < -0.39 is 0 Å². The van der Waals surface area contributed by atoms with Gasteiger partial charge in [-0.25, -0.2) is 4.98 Å². The third-order valence-electron chi connectivity index (χ3n) is 2.76. The molecule has 18 heavy (non-hydrogen) atoms. The summed E-state index contributed by atoms with van der Waals surface area (Å²) in [4.78, 5) is 20.3. The molecule has 0 saturated carbocycles. The van der Waals surface area contributed by atoms with Crippen molar-refractivity contribution in [2.24, 2.45) is 0 Å². The summed E-state index contributed by atoms with van der Waals surface area (Å²) in [6.07, 6.45) is 1.14. The van der Waals surface area contributed by atoms with Crippen LogP contribution in [0.25, 0.3) is 0 Å². The third-order valence-corrected chi connectivity index (χ3v) is 3.73. The Bertz CT molecular complexity index is 489. The fourth-order valence-corrected chi connectivity index (χ4v) is 2.78. The topological polar surface area (TPSA) is 78.5 Å². The maximum Gasteiger partial charge on any atom is 0.266 e. The smallest absolute Gasteiger partial charge is 0.266 e. The molecule has 1 aromatic rings. The molecule has 1 unspecified atom stereocenters. The third kappa shape index (κ3) is 2.83. The highest BCUT2D eigenvalue weighted by molar-refractivity contribution is 14.1. The number of rotatable bonds is 2. The fraction of sp³-hybridized carbons (Fsp3) is 0.636. The number of nitrogens with zero attached hydrogens (tertiary/aromatic N) is 2. The van der Waals surface area contributed by atoms with Crippen LogP contribution in [0.2, 0.25) is 0 Å². The minimum absolute atomic E-state index is 0.0420. The molecule has 1 fully saturated rings. The zero-order valence-corrected chi connectivity index (χ0v) is 12.5. The number of morpholine rings is 1. The number of aromatic nitrogens is 2. The highest BCUT2D eigenvalue weighted by Crippen LogP contribution is 2.26. The molecule has 7 heteroatoms. The standard InChI is InChI=1S/C11H16IN3O3/c1-11(2)5-15(3-7(4-16)18-11)9-8(12)10(17)14-6-13-9/h6-7,16H,3-5H2,1-2H3,(H,13,14,17). The first kappa shape index (κ1) is 13.8. The second-order valence-electron chi connectivity index (χ2n) is 4.93. The van der Waals surface area contributed by atoms with E-state index in [1.165, 1.54) is 6.33 Å². The van der Waals surface area contributed by atoms with Gasteiger partial charge in [-0.3, -0.25) is 4.79 Å². The highest BCUT2D eigenvalue weighted by atomic mass is 127. The van der Waals surface area contributed by atoms with Crippen LogP contribution >= 0.6 is 22.6 Å². The molecule has 0 bridgehead atoms. The number of aliphatic hydroxyl groups is 1. The van der Waals surface area contributed by atoms with Crippen LogP contribution in [0.3, 0.4) is 0 Å². The van der Waals surface area contributed by atoms with Gasteiger partial charge in [0, 0.05) is 13.1 Å². The Morgan fingerprint density at radius 1 is 1.72 bits per heavy atom. The lowest BCUT2D eigenvalue weighted by Gasteiger charge is -2.42. The number of hydrogen-bond donors (Lipinski definition) is 2. The largest absolute Gasteiger partial charge is 0.394 e. The van der Waals surface area contributed by atoms with Crippen molar-refractivity contribution in [2.75, 3.05) is 24.6 Å². The fourth-order valence-electron chi connectivity index (χ4n) is 2.15. The number of anilines is 1. The highest BCUT2D eigenvalue weighted by Gasteiger charge is 2.34. The second kappa shape index (κ2) is 5.14. The number of halogens is 1. The molecule has 1 saturated heterocycles. The Morgan fingerprint density at radius 3 is 3.11 bits per heavy atom. The molecule has 100 valence electrons. The van der Waals surface area contributed by atoms with Gasteiger partial charge in [0.25, 0.3) is 5.56 Å². The first-order chi connectivity index (χ1) is 8.43. The summed E-state index contributed by atoms with van der Waals surface area (Å²) in [7, 11) is 0. The SMILES string of the molecule is CC1(C)CN(c2nc[nH]c(=O)c2I)CC(CO)O1. The predicted molar refractivity (Wildman–Crippen MR) is 75.8 cm³/mol. The molecule has 1 aliphatic heterocycles. The van der Waals surface area contributed by atoms with E-state index in [2.05, 4.69) is 9.97 Å². The van der Waals surface area contributed by atoms with Crippen LogP contribution in [-0.2, 0) is 4.74 Å².